The number of hydrazone groups is 1. The van der Waals surface area contributed by atoms with Crippen LogP contribution in [0.5, 0.6) is 0 Å². The van der Waals surface area contributed by atoms with Gasteiger partial charge < -0.3 is 0 Å². The summed E-state index contributed by atoms with van der Waals surface area (Å²) >= 11 is 3.21. The van der Waals surface area contributed by atoms with Crippen molar-refractivity contribution in [2.75, 3.05) is 0 Å². The van der Waals surface area contributed by atoms with Gasteiger partial charge in [-0.2, -0.15) is 5.10 Å². The lowest BCUT2D eigenvalue weighted by Crippen LogP contribution is -2.16. The normalized spacial score (nSPS) is 11.2. The molecule has 0 unspecified atom stereocenters. The number of benzene rings is 1. The molecule has 0 bridgehead atoms. The maximum Gasteiger partial charge on any atom is 0.272 e. The van der Waals surface area contributed by atoms with E-state index in [1.807, 2.05) is 48.7 Å². The molecule has 5 heteroatoms. The molecule has 2 aromatic heterocycles. The summed E-state index contributed by atoms with van der Waals surface area (Å²) in [5.41, 5.74) is 3.25. The number of aryl methyl sites for hydroxylation is 1. The zero-order valence-electron chi connectivity index (χ0n) is 10.8. The topological polar surface area (TPSA) is 41.5 Å². The van der Waals surface area contributed by atoms with Crippen LogP contribution in [0.25, 0.3) is 10.1 Å². The number of hydrogen-bond donors (Lipinski definition) is 1. The molecule has 0 atom stereocenters. The maximum atomic E-state index is 12.1. The summed E-state index contributed by atoms with van der Waals surface area (Å²) in [7, 11) is 0. The van der Waals surface area contributed by atoms with Gasteiger partial charge in [0.05, 0.1) is 11.8 Å². The van der Waals surface area contributed by atoms with Crippen molar-refractivity contribution in [3.63, 3.8) is 0 Å². The van der Waals surface area contributed by atoms with Crippen LogP contribution < -0.4 is 5.43 Å². The average molecular weight is 300 g/mol. The number of carbonyl (C=O) groups is 1. The summed E-state index contributed by atoms with van der Waals surface area (Å²) in [4.78, 5) is 14.4. The van der Waals surface area contributed by atoms with Gasteiger partial charge in [0.25, 0.3) is 5.91 Å². The Morgan fingerprint density at radius 2 is 2.10 bits per heavy atom. The Labute approximate surface area is 124 Å². The van der Waals surface area contributed by atoms with Gasteiger partial charge in [0.15, 0.2) is 0 Å². The van der Waals surface area contributed by atoms with Gasteiger partial charge in [0.1, 0.15) is 0 Å². The van der Waals surface area contributed by atoms with E-state index in [4.69, 9.17) is 0 Å². The largest absolute Gasteiger partial charge is 0.272 e. The smallest absolute Gasteiger partial charge is 0.267 e. The molecule has 1 amide bonds. The van der Waals surface area contributed by atoms with Gasteiger partial charge in [0.2, 0.25) is 0 Å². The van der Waals surface area contributed by atoms with Gasteiger partial charge in [-0.1, -0.05) is 18.2 Å². The Morgan fingerprint density at radius 1 is 1.25 bits per heavy atom. The molecular formula is C15H12N2OS2. The summed E-state index contributed by atoms with van der Waals surface area (Å²) < 4.78 is 1.11. The lowest BCUT2D eigenvalue weighted by molar-refractivity contribution is 0.0957. The second-order valence-electron chi connectivity index (χ2n) is 4.29. The van der Waals surface area contributed by atoms with Crippen molar-refractivity contribution in [2.24, 2.45) is 5.10 Å². The van der Waals surface area contributed by atoms with Gasteiger partial charge in [-0.25, -0.2) is 5.43 Å². The number of hydrogen-bond acceptors (Lipinski definition) is 4. The first-order valence-corrected chi connectivity index (χ1v) is 7.80. The third kappa shape index (κ3) is 2.64. The van der Waals surface area contributed by atoms with E-state index in [2.05, 4.69) is 10.5 Å². The Bertz CT molecular complexity index is 786. The van der Waals surface area contributed by atoms with Crippen LogP contribution in [0, 0.1) is 6.92 Å². The van der Waals surface area contributed by atoms with Crippen molar-refractivity contribution < 1.29 is 4.79 Å². The Hall–Kier alpha value is -1.98. The SMILES string of the molecule is Cc1ccc(/C=N/NC(=O)c2csc3ccccc23)s1. The fraction of sp³-hybridized carbons (Fsp3) is 0.0667. The van der Waals surface area contributed by atoms with Gasteiger partial charge in [-0.05, 0) is 25.1 Å². The molecule has 2 heterocycles. The van der Waals surface area contributed by atoms with Crippen LogP contribution in [0.2, 0.25) is 0 Å². The van der Waals surface area contributed by atoms with Crippen LogP contribution in [0.15, 0.2) is 46.9 Å². The molecule has 0 spiro atoms. The number of nitrogens with one attached hydrogen (secondary N) is 1. The van der Waals surface area contributed by atoms with Crippen LogP contribution in [-0.4, -0.2) is 12.1 Å². The van der Waals surface area contributed by atoms with Gasteiger partial charge in [-0.3, -0.25) is 4.79 Å². The number of carbonyl (C=O) groups excluding carboxylic acids is 1. The zero-order chi connectivity index (χ0) is 13.9. The monoisotopic (exact) mass is 300 g/mol. The summed E-state index contributed by atoms with van der Waals surface area (Å²) in [6, 6.07) is 11.9. The summed E-state index contributed by atoms with van der Waals surface area (Å²) in [6.45, 7) is 2.04. The van der Waals surface area contributed by atoms with E-state index in [0.29, 0.717) is 5.56 Å². The number of nitrogens with zero attached hydrogens (tertiary/aromatic N) is 1. The summed E-state index contributed by atoms with van der Waals surface area (Å²) in [5, 5.41) is 6.84. The van der Waals surface area contributed by atoms with Crippen LogP contribution in [0.3, 0.4) is 0 Å². The van der Waals surface area contributed by atoms with Crippen LogP contribution in [-0.2, 0) is 0 Å². The number of rotatable bonds is 3. The Balaban J connectivity index is 1.75. The molecule has 20 heavy (non-hydrogen) atoms. The van der Waals surface area contributed by atoms with E-state index < -0.39 is 0 Å². The van der Waals surface area contributed by atoms with Crippen molar-refractivity contribution in [1.82, 2.24) is 5.43 Å². The highest BCUT2D eigenvalue weighted by molar-refractivity contribution is 7.17. The first-order valence-electron chi connectivity index (χ1n) is 6.10. The molecular weight excluding hydrogens is 288 g/mol. The third-order valence-corrected chi connectivity index (χ3v) is 4.74. The highest BCUT2D eigenvalue weighted by atomic mass is 32.1. The van der Waals surface area contributed by atoms with Crippen LogP contribution in [0.4, 0.5) is 0 Å². The number of thiophene rings is 2. The van der Waals surface area contributed by atoms with Crippen molar-refractivity contribution in [3.8, 4) is 0 Å². The molecule has 3 rings (SSSR count). The molecule has 0 radical (unpaired) electrons. The molecule has 1 aromatic carbocycles. The lowest BCUT2D eigenvalue weighted by Gasteiger charge is -1.97. The quantitative estimate of drug-likeness (QED) is 0.576. The van der Waals surface area contributed by atoms with Gasteiger partial charge in [-0.15, -0.1) is 22.7 Å². The number of fused-ring (bicyclic) bond motifs is 1. The van der Waals surface area contributed by atoms with Crippen molar-refractivity contribution >= 4 is 44.9 Å². The first kappa shape index (κ1) is 13.0. The minimum absolute atomic E-state index is 0.174. The highest BCUT2D eigenvalue weighted by Gasteiger charge is 2.10. The second-order valence-corrected chi connectivity index (χ2v) is 6.52. The summed E-state index contributed by atoms with van der Waals surface area (Å²) in [6.07, 6.45) is 1.67. The van der Waals surface area contributed by atoms with Crippen molar-refractivity contribution in [3.05, 3.63) is 57.1 Å². The number of amides is 1. The van der Waals surface area contributed by atoms with E-state index in [1.165, 1.54) is 4.88 Å². The average Bonchev–Trinajstić information content (AvgIpc) is 3.05. The molecule has 0 aliphatic rings. The molecule has 0 aliphatic carbocycles. The lowest BCUT2D eigenvalue weighted by atomic mass is 10.2. The van der Waals surface area contributed by atoms with Crippen LogP contribution >= 0.6 is 22.7 Å². The minimum atomic E-state index is -0.174. The Kier molecular flexibility index (Phi) is 3.62. The molecule has 0 fully saturated rings. The van der Waals surface area contributed by atoms with E-state index in [0.717, 1.165) is 15.0 Å². The standard InChI is InChI=1S/C15H12N2OS2/c1-10-6-7-11(20-10)8-16-17-15(18)13-9-19-14-5-3-2-4-12(13)14/h2-9H,1H3,(H,17,18)/b16-8+. The predicted molar refractivity (Wildman–Crippen MR) is 85.9 cm³/mol. The van der Waals surface area contributed by atoms with E-state index in [1.54, 1.807) is 28.9 Å². The second kappa shape index (κ2) is 5.56. The van der Waals surface area contributed by atoms with E-state index >= 15 is 0 Å². The fourth-order valence-electron chi connectivity index (χ4n) is 1.89. The molecule has 100 valence electrons. The zero-order valence-corrected chi connectivity index (χ0v) is 12.4. The molecule has 3 aromatic rings. The van der Waals surface area contributed by atoms with Gasteiger partial charge >= 0.3 is 0 Å². The molecule has 1 N–H and O–H groups in total. The van der Waals surface area contributed by atoms with E-state index in [-0.39, 0.29) is 5.91 Å². The highest BCUT2D eigenvalue weighted by Crippen LogP contribution is 2.25. The molecule has 3 nitrogen and oxygen atoms in total. The molecule has 0 saturated heterocycles. The first-order chi connectivity index (χ1) is 9.74. The minimum Gasteiger partial charge on any atom is -0.267 e. The fourth-order valence-corrected chi connectivity index (χ4v) is 3.58. The molecule has 0 aliphatic heterocycles. The van der Waals surface area contributed by atoms with Crippen LogP contribution in [0.1, 0.15) is 20.1 Å². The third-order valence-electron chi connectivity index (χ3n) is 2.84. The summed E-state index contributed by atoms with van der Waals surface area (Å²) in [5.74, 6) is -0.174. The molecule has 0 saturated carbocycles. The van der Waals surface area contributed by atoms with E-state index in [9.17, 15) is 4.79 Å². The predicted octanol–water partition coefficient (Wildman–Crippen LogP) is 4.04. The van der Waals surface area contributed by atoms with Gasteiger partial charge in [0, 0.05) is 25.2 Å². The maximum absolute atomic E-state index is 12.1. The van der Waals surface area contributed by atoms with Crippen molar-refractivity contribution in [1.29, 1.82) is 0 Å². The van der Waals surface area contributed by atoms with Crippen molar-refractivity contribution in [2.45, 2.75) is 6.92 Å². The Morgan fingerprint density at radius 3 is 2.90 bits per heavy atom.